The molecule has 0 fully saturated rings. The fourth-order valence-electron chi connectivity index (χ4n) is 1.85. The van der Waals surface area contributed by atoms with Crippen molar-refractivity contribution in [1.82, 2.24) is 0 Å². The molecule has 2 heteroatoms. The molecular weight excluding hydrogens is 188 g/mol. The van der Waals surface area contributed by atoms with Gasteiger partial charge in [0.2, 0.25) is 0 Å². The minimum Gasteiger partial charge on any atom is -0.383 e. The van der Waals surface area contributed by atoms with Crippen molar-refractivity contribution in [3.05, 3.63) is 34.9 Å². The van der Waals surface area contributed by atoms with E-state index in [0.29, 0.717) is 13.0 Å². The summed E-state index contributed by atoms with van der Waals surface area (Å²) in [6.07, 6.45) is 0.658. The molecule has 1 atom stereocenters. The molecule has 0 radical (unpaired) electrons. The second kappa shape index (κ2) is 4.77. The zero-order chi connectivity index (χ0) is 11.5. The van der Waals surface area contributed by atoms with Crippen LogP contribution >= 0.6 is 0 Å². The molecule has 0 aliphatic rings. The van der Waals surface area contributed by atoms with Crippen LogP contribution in [0, 0.1) is 13.8 Å². The zero-order valence-corrected chi connectivity index (χ0v) is 10.0. The van der Waals surface area contributed by atoms with Gasteiger partial charge < -0.3 is 9.84 Å². The Morgan fingerprint density at radius 1 is 1.33 bits per heavy atom. The summed E-state index contributed by atoms with van der Waals surface area (Å²) in [5.74, 6) is 0. The van der Waals surface area contributed by atoms with E-state index in [-0.39, 0.29) is 0 Å². The first kappa shape index (κ1) is 12.2. The molecule has 0 aliphatic carbocycles. The van der Waals surface area contributed by atoms with Crippen LogP contribution in [0.3, 0.4) is 0 Å². The molecule has 0 spiro atoms. The number of methoxy groups -OCH3 is 1. The Morgan fingerprint density at radius 3 is 2.53 bits per heavy atom. The van der Waals surface area contributed by atoms with Gasteiger partial charge in [-0.15, -0.1) is 0 Å². The van der Waals surface area contributed by atoms with Gasteiger partial charge in [0.1, 0.15) is 5.60 Å². The van der Waals surface area contributed by atoms with Crippen molar-refractivity contribution >= 4 is 0 Å². The van der Waals surface area contributed by atoms with E-state index in [4.69, 9.17) is 4.74 Å². The van der Waals surface area contributed by atoms with Crippen LogP contribution in [-0.4, -0.2) is 18.8 Å². The zero-order valence-electron chi connectivity index (χ0n) is 10.0. The van der Waals surface area contributed by atoms with Crippen LogP contribution in [0.25, 0.3) is 0 Å². The minimum atomic E-state index is -0.856. The summed E-state index contributed by atoms with van der Waals surface area (Å²) in [6, 6.07) is 6.14. The molecule has 1 aromatic rings. The van der Waals surface area contributed by atoms with E-state index in [1.54, 1.807) is 7.11 Å². The van der Waals surface area contributed by atoms with Crippen molar-refractivity contribution in [3.8, 4) is 0 Å². The lowest BCUT2D eigenvalue weighted by molar-refractivity contribution is -0.0390. The molecular formula is C13H20O2. The Bertz CT molecular complexity index is 333. The predicted molar refractivity (Wildman–Crippen MR) is 62.0 cm³/mol. The standard InChI is InChI=1S/C13H20O2/c1-5-13(14,9-15-4)12-8-10(2)6-7-11(12)3/h6-8,14H,5,9H2,1-4H3. The van der Waals surface area contributed by atoms with Crippen LogP contribution in [0.4, 0.5) is 0 Å². The first-order valence-electron chi connectivity index (χ1n) is 5.32. The predicted octanol–water partition coefficient (Wildman–Crippen LogP) is 2.55. The number of hydrogen-bond donors (Lipinski definition) is 1. The summed E-state index contributed by atoms with van der Waals surface area (Å²) in [6.45, 7) is 6.37. The van der Waals surface area contributed by atoms with E-state index >= 15 is 0 Å². The smallest absolute Gasteiger partial charge is 0.113 e. The molecule has 0 saturated carbocycles. The fraction of sp³-hybridized carbons (Fsp3) is 0.538. The van der Waals surface area contributed by atoms with E-state index in [9.17, 15) is 5.11 Å². The maximum atomic E-state index is 10.5. The third-order valence-electron chi connectivity index (χ3n) is 2.86. The van der Waals surface area contributed by atoms with Gasteiger partial charge in [0.05, 0.1) is 6.61 Å². The Balaban J connectivity index is 3.16. The molecule has 0 amide bonds. The van der Waals surface area contributed by atoms with Gasteiger partial charge in [0.25, 0.3) is 0 Å². The number of benzene rings is 1. The maximum Gasteiger partial charge on any atom is 0.113 e. The van der Waals surface area contributed by atoms with Gasteiger partial charge >= 0.3 is 0 Å². The number of ether oxygens (including phenoxy) is 1. The van der Waals surface area contributed by atoms with Crippen LogP contribution in [0.15, 0.2) is 18.2 Å². The first-order valence-corrected chi connectivity index (χ1v) is 5.32. The third-order valence-corrected chi connectivity index (χ3v) is 2.86. The Kier molecular flexibility index (Phi) is 3.89. The Labute approximate surface area is 91.9 Å². The normalized spacial score (nSPS) is 15.0. The fourth-order valence-corrected chi connectivity index (χ4v) is 1.85. The van der Waals surface area contributed by atoms with Gasteiger partial charge in [-0.3, -0.25) is 0 Å². The van der Waals surface area contributed by atoms with Crippen molar-refractivity contribution in [1.29, 1.82) is 0 Å². The van der Waals surface area contributed by atoms with Gasteiger partial charge in [-0.2, -0.15) is 0 Å². The molecule has 2 nitrogen and oxygen atoms in total. The number of aryl methyl sites for hydroxylation is 2. The lowest BCUT2D eigenvalue weighted by atomic mass is 9.87. The average molecular weight is 208 g/mol. The monoisotopic (exact) mass is 208 g/mol. The molecule has 0 bridgehead atoms. The minimum absolute atomic E-state index is 0.341. The molecule has 0 saturated heterocycles. The molecule has 1 aromatic carbocycles. The van der Waals surface area contributed by atoms with Gasteiger partial charge in [0.15, 0.2) is 0 Å². The molecule has 0 aromatic heterocycles. The average Bonchev–Trinajstić information content (AvgIpc) is 2.22. The van der Waals surface area contributed by atoms with E-state index < -0.39 is 5.60 Å². The summed E-state index contributed by atoms with van der Waals surface area (Å²) in [5, 5.41) is 10.5. The number of rotatable bonds is 4. The van der Waals surface area contributed by atoms with Crippen LogP contribution in [0.5, 0.6) is 0 Å². The van der Waals surface area contributed by atoms with E-state index in [1.165, 1.54) is 5.56 Å². The molecule has 1 N–H and O–H groups in total. The number of hydrogen-bond acceptors (Lipinski definition) is 2. The first-order chi connectivity index (χ1) is 7.03. The van der Waals surface area contributed by atoms with Gasteiger partial charge in [-0.25, -0.2) is 0 Å². The summed E-state index contributed by atoms with van der Waals surface area (Å²) in [7, 11) is 1.62. The molecule has 0 heterocycles. The van der Waals surface area contributed by atoms with Crippen molar-refractivity contribution < 1.29 is 9.84 Å². The molecule has 84 valence electrons. The van der Waals surface area contributed by atoms with E-state index in [2.05, 4.69) is 6.07 Å². The van der Waals surface area contributed by atoms with Crippen molar-refractivity contribution in [2.45, 2.75) is 32.8 Å². The second-order valence-electron chi connectivity index (χ2n) is 4.14. The summed E-state index contributed by atoms with van der Waals surface area (Å²) in [5.41, 5.74) is 2.40. The quantitative estimate of drug-likeness (QED) is 0.824. The Morgan fingerprint density at radius 2 is 2.00 bits per heavy atom. The molecule has 15 heavy (non-hydrogen) atoms. The third kappa shape index (κ3) is 2.58. The highest BCUT2D eigenvalue weighted by atomic mass is 16.5. The van der Waals surface area contributed by atoms with Gasteiger partial charge in [0, 0.05) is 7.11 Å². The lowest BCUT2D eigenvalue weighted by Gasteiger charge is -2.28. The summed E-state index contributed by atoms with van der Waals surface area (Å²) in [4.78, 5) is 0. The van der Waals surface area contributed by atoms with Crippen LogP contribution in [0.1, 0.15) is 30.0 Å². The second-order valence-corrected chi connectivity index (χ2v) is 4.14. The van der Waals surface area contributed by atoms with Gasteiger partial charge in [-0.1, -0.05) is 30.7 Å². The highest BCUT2D eigenvalue weighted by molar-refractivity contribution is 5.35. The lowest BCUT2D eigenvalue weighted by Crippen LogP contribution is -2.31. The Hall–Kier alpha value is -0.860. The summed E-state index contributed by atoms with van der Waals surface area (Å²) < 4.78 is 5.10. The van der Waals surface area contributed by atoms with Crippen LogP contribution < -0.4 is 0 Å². The van der Waals surface area contributed by atoms with Crippen molar-refractivity contribution in [2.75, 3.05) is 13.7 Å². The van der Waals surface area contributed by atoms with E-state index in [1.807, 2.05) is 32.9 Å². The highest BCUT2D eigenvalue weighted by Gasteiger charge is 2.28. The van der Waals surface area contributed by atoms with E-state index in [0.717, 1.165) is 11.1 Å². The molecule has 1 unspecified atom stereocenters. The van der Waals surface area contributed by atoms with Crippen molar-refractivity contribution in [3.63, 3.8) is 0 Å². The largest absolute Gasteiger partial charge is 0.383 e. The van der Waals surface area contributed by atoms with Crippen LogP contribution in [-0.2, 0) is 10.3 Å². The maximum absolute atomic E-state index is 10.5. The van der Waals surface area contributed by atoms with Crippen molar-refractivity contribution in [2.24, 2.45) is 0 Å². The molecule has 0 aliphatic heterocycles. The highest BCUT2D eigenvalue weighted by Crippen LogP contribution is 2.28. The number of aliphatic hydroxyl groups is 1. The van der Waals surface area contributed by atoms with Gasteiger partial charge in [-0.05, 0) is 31.4 Å². The van der Waals surface area contributed by atoms with Crippen LogP contribution in [0.2, 0.25) is 0 Å². The molecule has 1 rings (SSSR count). The topological polar surface area (TPSA) is 29.5 Å². The summed E-state index contributed by atoms with van der Waals surface area (Å²) >= 11 is 0. The SMILES string of the molecule is CCC(O)(COC)c1cc(C)ccc1C.